The number of carbonyl (C=O) groups excluding carboxylic acids is 2. The molecule has 0 heterocycles. The molecule has 3 aromatic rings. The first-order valence-electron chi connectivity index (χ1n) is 15.2. The highest BCUT2D eigenvalue weighted by Gasteiger charge is 2.34. The van der Waals surface area contributed by atoms with Crippen molar-refractivity contribution in [1.82, 2.24) is 10.2 Å². The molecular formula is C34H43N3O5S. The van der Waals surface area contributed by atoms with Crippen LogP contribution in [-0.2, 0) is 26.2 Å². The van der Waals surface area contributed by atoms with Gasteiger partial charge in [-0.15, -0.1) is 0 Å². The van der Waals surface area contributed by atoms with Crippen LogP contribution < -0.4 is 14.4 Å². The van der Waals surface area contributed by atoms with Crippen LogP contribution in [0.1, 0.15) is 63.5 Å². The van der Waals surface area contributed by atoms with E-state index in [1.165, 1.54) is 23.5 Å². The number of hydrogen-bond acceptors (Lipinski definition) is 5. The summed E-state index contributed by atoms with van der Waals surface area (Å²) in [4.78, 5) is 29.4. The molecule has 1 aliphatic carbocycles. The zero-order valence-electron chi connectivity index (χ0n) is 25.4. The second kappa shape index (κ2) is 15.0. The van der Waals surface area contributed by atoms with Gasteiger partial charge in [0.1, 0.15) is 18.3 Å². The van der Waals surface area contributed by atoms with E-state index in [0.29, 0.717) is 24.5 Å². The Bertz CT molecular complexity index is 1440. The van der Waals surface area contributed by atoms with Crippen molar-refractivity contribution < 1.29 is 22.7 Å². The average Bonchev–Trinajstić information content (AvgIpc) is 3.01. The number of nitrogens with one attached hydrogen (secondary N) is 1. The van der Waals surface area contributed by atoms with Gasteiger partial charge in [-0.25, -0.2) is 8.42 Å². The first kappa shape index (κ1) is 32.1. The first-order valence-corrected chi connectivity index (χ1v) is 16.6. The van der Waals surface area contributed by atoms with Crippen LogP contribution in [0.4, 0.5) is 5.69 Å². The monoisotopic (exact) mass is 605 g/mol. The molecule has 8 nitrogen and oxygen atoms in total. The number of carbonyl (C=O) groups is 2. The second-order valence-electron chi connectivity index (χ2n) is 11.0. The molecule has 4 rings (SSSR count). The molecule has 0 bridgehead atoms. The van der Waals surface area contributed by atoms with Gasteiger partial charge in [-0.2, -0.15) is 0 Å². The Morgan fingerprint density at radius 2 is 1.56 bits per heavy atom. The fourth-order valence-electron chi connectivity index (χ4n) is 5.49. The number of rotatable bonds is 13. The molecule has 0 aromatic heterocycles. The molecule has 43 heavy (non-hydrogen) atoms. The molecule has 1 aliphatic rings. The van der Waals surface area contributed by atoms with Crippen LogP contribution in [0.5, 0.6) is 5.75 Å². The number of ether oxygens (including phenoxy) is 1. The van der Waals surface area contributed by atoms with E-state index in [1.54, 1.807) is 24.3 Å². The van der Waals surface area contributed by atoms with Crippen molar-refractivity contribution in [2.45, 2.75) is 82.8 Å². The average molecular weight is 606 g/mol. The lowest BCUT2D eigenvalue weighted by Crippen LogP contribution is -2.54. The Labute approximate surface area is 256 Å². The van der Waals surface area contributed by atoms with E-state index < -0.39 is 28.5 Å². The predicted molar refractivity (Wildman–Crippen MR) is 169 cm³/mol. The number of aryl methyl sites for hydroxylation is 1. The molecule has 0 aliphatic heterocycles. The largest absolute Gasteiger partial charge is 0.494 e. The van der Waals surface area contributed by atoms with E-state index in [2.05, 4.69) is 5.32 Å². The van der Waals surface area contributed by atoms with Crippen molar-refractivity contribution in [1.29, 1.82) is 0 Å². The van der Waals surface area contributed by atoms with Crippen LogP contribution in [0.3, 0.4) is 0 Å². The molecule has 2 amide bonds. The van der Waals surface area contributed by atoms with Crippen molar-refractivity contribution in [3.05, 3.63) is 90.0 Å². The molecule has 9 heteroatoms. The lowest BCUT2D eigenvalue weighted by molar-refractivity contribution is -0.140. The number of amides is 2. The molecule has 230 valence electrons. The van der Waals surface area contributed by atoms with Crippen molar-refractivity contribution in [2.24, 2.45) is 0 Å². The number of sulfonamides is 1. The van der Waals surface area contributed by atoms with E-state index in [4.69, 9.17) is 4.74 Å². The molecule has 0 spiro atoms. The molecular weight excluding hydrogens is 562 g/mol. The Kier molecular flexibility index (Phi) is 11.2. The Morgan fingerprint density at radius 1 is 0.907 bits per heavy atom. The zero-order chi connectivity index (χ0) is 30.8. The molecule has 0 saturated heterocycles. The van der Waals surface area contributed by atoms with Crippen LogP contribution in [0.25, 0.3) is 0 Å². The summed E-state index contributed by atoms with van der Waals surface area (Å²) in [6, 6.07) is 22.0. The zero-order valence-corrected chi connectivity index (χ0v) is 26.2. The van der Waals surface area contributed by atoms with Crippen LogP contribution in [0.2, 0.25) is 0 Å². The fourth-order valence-corrected chi connectivity index (χ4v) is 6.90. The predicted octanol–water partition coefficient (Wildman–Crippen LogP) is 5.85. The number of nitrogens with zero attached hydrogens (tertiary/aromatic N) is 2. The molecule has 1 saturated carbocycles. The highest BCUT2D eigenvalue weighted by Crippen LogP contribution is 2.27. The minimum atomic E-state index is -4.15. The lowest BCUT2D eigenvalue weighted by atomic mass is 9.95. The van der Waals surface area contributed by atoms with Crippen LogP contribution in [-0.4, -0.2) is 50.4 Å². The maximum Gasteiger partial charge on any atom is 0.264 e. The van der Waals surface area contributed by atoms with Gasteiger partial charge in [0.2, 0.25) is 11.8 Å². The third-order valence-corrected chi connectivity index (χ3v) is 9.64. The number of hydrogen-bond donors (Lipinski definition) is 1. The highest BCUT2D eigenvalue weighted by molar-refractivity contribution is 7.92. The standard InChI is InChI=1S/C34H43N3O5S/c1-4-32(34(39)35-28-14-10-7-11-15-28)36(24-27-12-8-6-9-13-27)33(38)25-37(29-18-16-26(3)17-19-29)43(40,41)31-22-20-30(21-23-31)42-5-2/h6,8-9,12-13,16-23,28,32H,4-5,7,10-11,14-15,24-25H2,1-3H3,(H,35,39). The van der Waals surface area contributed by atoms with Crippen molar-refractivity contribution in [2.75, 3.05) is 17.5 Å². The van der Waals surface area contributed by atoms with Crippen LogP contribution >= 0.6 is 0 Å². The number of benzene rings is 3. The second-order valence-corrected chi connectivity index (χ2v) is 12.9. The summed E-state index contributed by atoms with van der Waals surface area (Å²) in [6.45, 7) is 5.83. The highest BCUT2D eigenvalue weighted by atomic mass is 32.2. The van der Waals surface area contributed by atoms with E-state index in [-0.39, 0.29) is 23.4 Å². The van der Waals surface area contributed by atoms with Gasteiger partial charge in [-0.3, -0.25) is 13.9 Å². The summed E-state index contributed by atoms with van der Waals surface area (Å²) in [5, 5.41) is 3.18. The van der Waals surface area contributed by atoms with Crippen molar-refractivity contribution in [3.8, 4) is 5.75 Å². The van der Waals surface area contributed by atoms with E-state index in [0.717, 1.165) is 41.1 Å². The molecule has 1 fully saturated rings. The van der Waals surface area contributed by atoms with Gasteiger partial charge in [-0.05, 0) is 75.1 Å². The van der Waals surface area contributed by atoms with Gasteiger partial charge in [0.15, 0.2) is 0 Å². The molecule has 1 atom stereocenters. The Balaban J connectivity index is 1.68. The van der Waals surface area contributed by atoms with Gasteiger partial charge < -0.3 is 15.0 Å². The van der Waals surface area contributed by atoms with Gasteiger partial charge in [0, 0.05) is 12.6 Å². The van der Waals surface area contributed by atoms with E-state index >= 15 is 0 Å². The quantitative estimate of drug-likeness (QED) is 0.264. The van der Waals surface area contributed by atoms with E-state index in [9.17, 15) is 18.0 Å². The third kappa shape index (κ3) is 8.38. The number of anilines is 1. The molecule has 3 aromatic carbocycles. The van der Waals surface area contributed by atoms with Gasteiger partial charge in [-0.1, -0.05) is 74.2 Å². The smallest absolute Gasteiger partial charge is 0.264 e. The van der Waals surface area contributed by atoms with Gasteiger partial charge in [0.05, 0.1) is 17.2 Å². The summed E-state index contributed by atoms with van der Waals surface area (Å²) in [7, 11) is -4.15. The minimum Gasteiger partial charge on any atom is -0.494 e. The van der Waals surface area contributed by atoms with Crippen LogP contribution in [0.15, 0.2) is 83.8 Å². The van der Waals surface area contributed by atoms with Crippen molar-refractivity contribution >= 4 is 27.5 Å². The van der Waals surface area contributed by atoms with Gasteiger partial charge in [0.25, 0.3) is 10.0 Å². The maximum absolute atomic E-state index is 14.2. The van der Waals surface area contributed by atoms with E-state index in [1.807, 2.05) is 63.2 Å². The summed E-state index contributed by atoms with van der Waals surface area (Å²) in [5.74, 6) is -0.0947. The Morgan fingerprint density at radius 3 is 2.16 bits per heavy atom. The van der Waals surface area contributed by atoms with Crippen molar-refractivity contribution in [3.63, 3.8) is 0 Å². The minimum absolute atomic E-state index is 0.0426. The van der Waals surface area contributed by atoms with Gasteiger partial charge >= 0.3 is 0 Å². The molecule has 0 radical (unpaired) electrons. The fraction of sp³-hybridized carbons (Fsp3) is 0.412. The van der Waals surface area contributed by atoms with Crippen LogP contribution in [0, 0.1) is 6.92 Å². The molecule has 1 N–H and O–H groups in total. The SMILES string of the molecule is CCOc1ccc(S(=O)(=O)N(CC(=O)N(Cc2ccccc2)C(CC)C(=O)NC2CCCCC2)c2ccc(C)cc2)cc1. The normalized spacial score (nSPS) is 14.5. The lowest BCUT2D eigenvalue weighted by Gasteiger charge is -2.34. The summed E-state index contributed by atoms with van der Waals surface area (Å²) in [6.07, 6.45) is 5.56. The summed E-state index contributed by atoms with van der Waals surface area (Å²) in [5.41, 5.74) is 2.19. The maximum atomic E-state index is 14.2. The topological polar surface area (TPSA) is 96.0 Å². The third-order valence-electron chi connectivity index (χ3n) is 7.86. The summed E-state index contributed by atoms with van der Waals surface area (Å²) >= 11 is 0. The summed E-state index contributed by atoms with van der Waals surface area (Å²) < 4.78 is 34.8. The Hall–Kier alpha value is -3.85. The molecule has 1 unspecified atom stereocenters. The first-order chi connectivity index (χ1) is 20.7.